The van der Waals surface area contributed by atoms with Gasteiger partial charge in [0.15, 0.2) is 0 Å². The van der Waals surface area contributed by atoms with E-state index in [2.05, 4.69) is 10.0 Å². The molecule has 0 spiro atoms. The van der Waals surface area contributed by atoms with E-state index in [9.17, 15) is 9.59 Å². The van der Waals surface area contributed by atoms with Crippen LogP contribution in [0.15, 0.2) is 34.1 Å². The van der Waals surface area contributed by atoms with Gasteiger partial charge in [0, 0.05) is 21.3 Å². The van der Waals surface area contributed by atoms with E-state index in [1.165, 1.54) is 11.9 Å². The summed E-state index contributed by atoms with van der Waals surface area (Å²) in [6.45, 7) is 0. The molecule has 0 radical (unpaired) electrons. The number of primary amides is 2. The van der Waals surface area contributed by atoms with Gasteiger partial charge >= 0.3 is 0 Å². The number of hydrogen-bond acceptors (Lipinski definition) is 7. The van der Waals surface area contributed by atoms with Crippen molar-refractivity contribution >= 4 is 47.3 Å². The summed E-state index contributed by atoms with van der Waals surface area (Å²) in [4.78, 5) is 24.6. The van der Waals surface area contributed by atoms with Crippen LogP contribution in [0.5, 0.6) is 0 Å². The van der Waals surface area contributed by atoms with Crippen LogP contribution in [0.3, 0.4) is 0 Å². The number of hydrogen-bond donors (Lipinski definition) is 4. The maximum absolute atomic E-state index is 11.3. The summed E-state index contributed by atoms with van der Waals surface area (Å²) in [5, 5.41) is 2.89. The van der Waals surface area contributed by atoms with Crippen LogP contribution in [-0.4, -0.2) is 48.7 Å². The fourth-order valence-corrected chi connectivity index (χ4v) is 4.16. The zero-order valence-corrected chi connectivity index (χ0v) is 15.5. The number of carbonyl (C=O) groups excluding carboxylic acids is 2. The fraction of sp³-hybridized carbons (Fsp3) is 0.429. The van der Waals surface area contributed by atoms with Gasteiger partial charge < -0.3 is 16.8 Å². The molecule has 1 rings (SSSR count). The molecule has 0 aliphatic carbocycles. The standard InChI is InChI=1S/C14H22N4O2S3/c1-17-11(13(15)19)7-22-9-3-5-10(6-4-9)23-8-12(14(16)20)18-21-2/h3-6,11-12,17-18H,7-8H2,1-2H3,(H2,15,19)(H2,16,20). The Morgan fingerprint density at radius 1 is 1.00 bits per heavy atom. The van der Waals surface area contributed by atoms with Crippen LogP contribution in [0.4, 0.5) is 0 Å². The monoisotopic (exact) mass is 374 g/mol. The predicted octanol–water partition coefficient (Wildman–Crippen LogP) is 0.666. The van der Waals surface area contributed by atoms with Crippen molar-refractivity contribution < 1.29 is 9.59 Å². The van der Waals surface area contributed by atoms with Crippen LogP contribution in [-0.2, 0) is 9.59 Å². The van der Waals surface area contributed by atoms with E-state index in [4.69, 9.17) is 11.5 Å². The largest absolute Gasteiger partial charge is 0.368 e. The van der Waals surface area contributed by atoms with E-state index in [0.717, 1.165) is 9.79 Å². The first kappa shape index (κ1) is 20.2. The first-order valence-corrected chi connectivity index (χ1v) is 10.1. The third kappa shape index (κ3) is 7.49. The average molecular weight is 375 g/mol. The lowest BCUT2D eigenvalue weighted by atomic mass is 10.3. The first-order valence-electron chi connectivity index (χ1n) is 6.88. The normalized spacial score (nSPS) is 13.5. The maximum Gasteiger partial charge on any atom is 0.236 e. The molecule has 1 aromatic rings. The lowest BCUT2D eigenvalue weighted by molar-refractivity contribution is -0.120. The van der Waals surface area contributed by atoms with E-state index in [1.54, 1.807) is 30.6 Å². The minimum Gasteiger partial charge on any atom is -0.368 e. The molecule has 0 aromatic heterocycles. The summed E-state index contributed by atoms with van der Waals surface area (Å²) in [5.74, 6) is 0.445. The van der Waals surface area contributed by atoms with Crippen molar-refractivity contribution in [2.24, 2.45) is 11.5 Å². The molecule has 0 saturated carbocycles. The van der Waals surface area contributed by atoms with Crippen molar-refractivity contribution in [2.45, 2.75) is 21.9 Å². The summed E-state index contributed by atoms with van der Waals surface area (Å²) in [6.07, 6.45) is 1.86. The molecule has 1 aromatic carbocycles. The molecule has 0 aliphatic heterocycles. The number of benzene rings is 1. The van der Waals surface area contributed by atoms with E-state index in [0.29, 0.717) is 11.5 Å². The molecule has 2 atom stereocenters. The van der Waals surface area contributed by atoms with Gasteiger partial charge in [-0.3, -0.25) is 14.3 Å². The molecule has 2 unspecified atom stereocenters. The highest BCUT2D eigenvalue weighted by Gasteiger charge is 2.15. The molecule has 0 heterocycles. The molecule has 0 fully saturated rings. The van der Waals surface area contributed by atoms with Crippen molar-refractivity contribution in [1.82, 2.24) is 10.0 Å². The van der Waals surface area contributed by atoms with Gasteiger partial charge in [-0.15, -0.1) is 23.5 Å². The van der Waals surface area contributed by atoms with Gasteiger partial charge in [0.1, 0.15) is 6.04 Å². The molecule has 6 N–H and O–H groups in total. The zero-order valence-electron chi connectivity index (χ0n) is 13.1. The van der Waals surface area contributed by atoms with E-state index < -0.39 is 0 Å². The smallest absolute Gasteiger partial charge is 0.236 e. The van der Waals surface area contributed by atoms with Gasteiger partial charge in [0.2, 0.25) is 11.8 Å². The second-order valence-electron chi connectivity index (χ2n) is 4.61. The lowest BCUT2D eigenvalue weighted by Crippen LogP contribution is -2.41. The summed E-state index contributed by atoms with van der Waals surface area (Å²) in [7, 11) is 1.72. The second kappa shape index (κ2) is 10.8. The molecule has 0 saturated heterocycles. The van der Waals surface area contributed by atoms with Crippen molar-refractivity contribution in [2.75, 3.05) is 24.8 Å². The van der Waals surface area contributed by atoms with Gasteiger partial charge in [-0.2, -0.15) is 0 Å². The molecular weight excluding hydrogens is 352 g/mol. The molecule has 128 valence electrons. The van der Waals surface area contributed by atoms with Crippen LogP contribution in [0.25, 0.3) is 0 Å². The Morgan fingerprint density at radius 2 is 1.43 bits per heavy atom. The Kier molecular flexibility index (Phi) is 9.49. The number of carbonyl (C=O) groups is 2. The number of nitrogens with two attached hydrogens (primary N) is 2. The second-order valence-corrected chi connectivity index (χ2v) is 7.44. The van der Waals surface area contributed by atoms with Gasteiger partial charge in [0.05, 0.1) is 6.04 Å². The molecule has 9 heteroatoms. The highest BCUT2D eigenvalue weighted by atomic mass is 32.2. The van der Waals surface area contributed by atoms with Crippen molar-refractivity contribution in [3.63, 3.8) is 0 Å². The van der Waals surface area contributed by atoms with Crippen LogP contribution in [0, 0.1) is 0 Å². The van der Waals surface area contributed by atoms with Gasteiger partial charge in [0.25, 0.3) is 0 Å². The van der Waals surface area contributed by atoms with Gasteiger partial charge in [-0.1, -0.05) is 11.9 Å². The SMILES string of the molecule is CNC(CSc1ccc(SCC(NSC)C(N)=O)cc1)C(N)=O. The number of amides is 2. The highest BCUT2D eigenvalue weighted by molar-refractivity contribution is 8.00. The van der Waals surface area contributed by atoms with E-state index >= 15 is 0 Å². The fourth-order valence-electron chi connectivity index (χ4n) is 1.62. The number of likely N-dealkylation sites (N-methyl/N-ethyl adjacent to an activating group) is 1. The Labute approximate surface area is 149 Å². The van der Waals surface area contributed by atoms with Crippen LogP contribution in [0.1, 0.15) is 0 Å². The first-order chi connectivity index (χ1) is 11.0. The summed E-state index contributed by atoms with van der Waals surface area (Å²) in [6, 6.07) is 7.24. The molecule has 0 bridgehead atoms. The van der Waals surface area contributed by atoms with Crippen LogP contribution >= 0.6 is 35.5 Å². The third-order valence-electron chi connectivity index (χ3n) is 2.95. The van der Waals surface area contributed by atoms with Gasteiger partial charge in [-0.25, -0.2) is 0 Å². The topological polar surface area (TPSA) is 110 Å². The lowest BCUT2D eigenvalue weighted by Gasteiger charge is -2.13. The minimum absolute atomic E-state index is 0.344. The Hall–Kier alpha value is -0.870. The molecular formula is C14H22N4O2S3. The summed E-state index contributed by atoms with van der Waals surface area (Å²) >= 11 is 4.51. The summed E-state index contributed by atoms with van der Waals surface area (Å²) < 4.78 is 2.98. The molecule has 0 aliphatic rings. The number of thioether (sulfide) groups is 2. The third-order valence-corrected chi connectivity index (χ3v) is 5.68. The maximum atomic E-state index is 11.3. The Morgan fingerprint density at radius 3 is 1.78 bits per heavy atom. The van der Waals surface area contributed by atoms with Crippen molar-refractivity contribution in [3.05, 3.63) is 24.3 Å². The Balaban J connectivity index is 2.49. The number of rotatable bonds is 11. The highest BCUT2D eigenvalue weighted by Crippen LogP contribution is 2.24. The van der Waals surface area contributed by atoms with Crippen LogP contribution < -0.4 is 21.5 Å². The van der Waals surface area contributed by atoms with Crippen molar-refractivity contribution in [3.8, 4) is 0 Å². The minimum atomic E-state index is -0.365. The molecule has 2 amide bonds. The van der Waals surface area contributed by atoms with Gasteiger partial charge in [-0.05, 0) is 37.6 Å². The number of nitrogens with one attached hydrogen (secondary N) is 2. The van der Waals surface area contributed by atoms with E-state index in [-0.39, 0.29) is 23.9 Å². The molecule has 6 nitrogen and oxygen atoms in total. The average Bonchev–Trinajstić information content (AvgIpc) is 2.52. The zero-order chi connectivity index (χ0) is 17.2. The summed E-state index contributed by atoms with van der Waals surface area (Å²) in [5.41, 5.74) is 10.6. The predicted molar refractivity (Wildman–Crippen MR) is 99.6 cm³/mol. The van der Waals surface area contributed by atoms with Crippen molar-refractivity contribution in [1.29, 1.82) is 0 Å². The Bertz CT molecular complexity index is 513. The van der Waals surface area contributed by atoms with E-state index in [1.807, 2.05) is 30.5 Å². The molecule has 23 heavy (non-hydrogen) atoms. The quantitative estimate of drug-likeness (QED) is 0.333. The van der Waals surface area contributed by atoms with Crippen LogP contribution in [0.2, 0.25) is 0 Å².